The lowest BCUT2D eigenvalue weighted by molar-refractivity contribution is 0.102. The standard InChI is InChI=1S/C22H19N3O3S/c1-15-4-3-13-25-14-20(24-21(15)25)16-5-9-18(10-6-16)23-22(26)17-7-11-19(12-8-17)29(2,27)28/h3-14H,1-2H3,(H,23,26). The average molecular weight is 405 g/mol. The highest BCUT2D eigenvalue weighted by Crippen LogP contribution is 2.23. The first-order valence-corrected chi connectivity index (χ1v) is 10.9. The number of sulfone groups is 1. The molecule has 7 heteroatoms. The number of fused-ring (bicyclic) bond motifs is 1. The molecule has 4 rings (SSSR count). The molecule has 29 heavy (non-hydrogen) atoms. The number of hydrogen-bond acceptors (Lipinski definition) is 4. The molecule has 0 radical (unpaired) electrons. The van der Waals surface area contributed by atoms with Gasteiger partial charge < -0.3 is 9.72 Å². The van der Waals surface area contributed by atoms with Crippen LogP contribution in [0.5, 0.6) is 0 Å². The summed E-state index contributed by atoms with van der Waals surface area (Å²) in [6.45, 7) is 2.02. The zero-order valence-electron chi connectivity index (χ0n) is 16.0. The molecular weight excluding hydrogens is 386 g/mol. The van der Waals surface area contributed by atoms with Crippen molar-refractivity contribution >= 4 is 27.1 Å². The van der Waals surface area contributed by atoms with Crippen molar-refractivity contribution in [3.8, 4) is 11.3 Å². The smallest absolute Gasteiger partial charge is 0.255 e. The molecule has 0 bridgehead atoms. The number of amides is 1. The van der Waals surface area contributed by atoms with Crippen LogP contribution in [0.3, 0.4) is 0 Å². The van der Waals surface area contributed by atoms with Crippen LogP contribution in [0.25, 0.3) is 16.9 Å². The number of carbonyl (C=O) groups excluding carboxylic acids is 1. The van der Waals surface area contributed by atoms with E-state index in [1.807, 2.05) is 60.1 Å². The molecule has 1 amide bonds. The third kappa shape index (κ3) is 3.90. The Bertz CT molecular complexity index is 1310. The molecule has 0 saturated heterocycles. The van der Waals surface area contributed by atoms with E-state index in [9.17, 15) is 13.2 Å². The van der Waals surface area contributed by atoms with Crippen LogP contribution >= 0.6 is 0 Å². The minimum Gasteiger partial charge on any atom is -0.322 e. The van der Waals surface area contributed by atoms with Crippen molar-refractivity contribution in [1.29, 1.82) is 0 Å². The van der Waals surface area contributed by atoms with Crippen molar-refractivity contribution in [3.63, 3.8) is 0 Å². The molecule has 0 saturated carbocycles. The summed E-state index contributed by atoms with van der Waals surface area (Å²) in [6.07, 6.45) is 5.07. The molecule has 0 fully saturated rings. The topological polar surface area (TPSA) is 80.5 Å². The summed E-state index contributed by atoms with van der Waals surface area (Å²) in [7, 11) is -3.29. The van der Waals surface area contributed by atoms with Gasteiger partial charge in [-0.25, -0.2) is 13.4 Å². The Balaban J connectivity index is 1.51. The van der Waals surface area contributed by atoms with Crippen molar-refractivity contribution in [2.75, 3.05) is 11.6 Å². The van der Waals surface area contributed by atoms with Crippen molar-refractivity contribution in [3.05, 3.63) is 84.2 Å². The van der Waals surface area contributed by atoms with Gasteiger partial charge in [0, 0.05) is 35.5 Å². The van der Waals surface area contributed by atoms with Gasteiger partial charge in [-0.05, 0) is 55.0 Å². The van der Waals surface area contributed by atoms with Gasteiger partial charge in [0.05, 0.1) is 10.6 Å². The second kappa shape index (κ2) is 7.18. The van der Waals surface area contributed by atoms with Crippen molar-refractivity contribution < 1.29 is 13.2 Å². The zero-order valence-corrected chi connectivity index (χ0v) is 16.8. The van der Waals surface area contributed by atoms with Crippen molar-refractivity contribution in [2.45, 2.75) is 11.8 Å². The molecule has 0 aliphatic carbocycles. The highest BCUT2D eigenvalue weighted by atomic mass is 32.2. The molecule has 0 unspecified atom stereocenters. The van der Waals surface area contributed by atoms with E-state index in [4.69, 9.17) is 0 Å². The van der Waals surface area contributed by atoms with Crippen LogP contribution in [0, 0.1) is 6.92 Å². The maximum absolute atomic E-state index is 12.4. The van der Waals surface area contributed by atoms with E-state index in [2.05, 4.69) is 10.3 Å². The fraction of sp³-hybridized carbons (Fsp3) is 0.0909. The summed E-state index contributed by atoms with van der Waals surface area (Å²) in [6, 6.07) is 17.3. The summed E-state index contributed by atoms with van der Waals surface area (Å²) in [5.41, 5.74) is 4.85. The predicted molar refractivity (Wildman–Crippen MR) is 113 cm³/mol. The van der Waals surface area contributed by atoms with Gasteiger partial charge in [0.15, 0.2) is 9.84 Å². The van der Waals surface area contributed by atoms with Crippen LogP contribution in [0.2, 0.25) is 0 Å². The van der Waals surface area contributed by atoms with Gasteiger partial charge >= 0.3 is 0 Å². The van der Waals surface area contributed by atoms with Crippen molar-refractivity contribution in [1.82, 2.24) is 9.38 Å². The van der Waals surface area contributed by atoms with E-state index >= 15 is 0 Å². The van der Waals surface area contributed by atoms with Crippen LogP contribution in [0.4, 0.5) is 5.69 Å². The third-order valence-electron chi connectivity index (χ3n) is 4.66. The number of nitrogens with zero attached hydrogens (tertiary/aromatic N) is 2. The molecule has 0 spiro atoms. The minimum atomic E-state index is -3.29. The van der Waals surface area contributed by atoms with Gasteiger partial charge in [-0.1, -0.05) is 18.2 Å². The van der Waals surface area contributed by atoms with Crippen LogP contribution < -0.4 is 5.32 Å². The number of pyridine rings is 1. The number of hydrogen-bond donors (Lipinski definition) is 1. The number of nitrogens with one attached hydrogen (secondary N) is 1. The van der Waals surface area contributed by atoms with Crippen molar-refractivity contribution in [2.24, 2.45) is 0 Å². The minimum absolute atomic E-state index is 0.182. The quantitative estimate of drug-likeness (QED) is 0.557. The Morgan fingerprint density at radius 2 is 1.69 bits per heavy atom. The van der Waals surface area contributed by atoms with Gasteiger partial charge in [-0.3, -0.25) is 4.79 Å². The summed E-state index contributed by atoms with van der Waals surface area (Å²) in [5, 5.41) is 2.82. The van der Waals surface area contributed by atoms with Gasteiger partial charge in [0.2, 0.25) is 0 Å². The third-order valence-corrected chi connectivity index (χ3v) is 5.79. The number of aryl methyl sites for hydroxylation is 1. The van der Waals surface area contributed by atoms with Gasteiger partial charge in [0.1, 0.15) is 5.65 Å². The maximum Gasteiger partial charge on any atom is 0.255 e. The Hall–Kier alpha value is -3.45. The lowest BCUT2D eigenvalue weighted by Crippen LogP contribution is -2.12. The summed E-state index contributed by atoms with van der Waals surface area (Å²) < 4.78 is 25.0. The number of carbonyl (C=O) groups is 1. The van der Waals surface area contributed by atoms with E-state index in [1.165, 1.54) is 24.3 Å². The maximum atomic E-state index is 12.4. The SMILES string of the molecule is Cc1cccn2cc(-c3ccc(NC(=O)c4ccc(S(C)(=O)=O)cc4)cc3)nc12. The van der Waals surface area contributed by atoms with Crippen LogP contribution in [0.1, 0.15) is 15.9 Å². The van der Waals surface area contributed by atoms with Gasteiger partial charge in [-0.15, -0.1) is 0 Å². The summed E-state index contributed by atoms with van der Waals surface area (Å²) in [4.78, 5) is 17.3. The molecule has 0 aliphatic heterocycles. The Morgan fingerprint density at radius 1 is 1.00 bits per heavy atom. The lowest BCUT2D eigenvalue weighted by atomic mass is 10.1. The van der Waals surface area contributed by atoms with Crippen LogP contribution in [-0.2, 0) is 9.84 Å². The van der Waals surface area contributed by atoms with E-state index in [0.29, 0.717) is 11.3 Å². The molecule has 146 valence electrons. The molecule has 4 aromatic rings. The molecule has 2 aromatic heterocycles. The monoisotopic (exact) mass is 405 g/mol. The molecule has 6 nitrogen and oxygen atoms in total. The first-order valence-electron chi connectivity index (χ1n) is 8.97. The predicted octanol–water partition coefficient (Wildman–Crippen LogP) is 3.97. The zero-order chi connectivity index (χ0) is 20.6. The first-order chi connectivity index (χ1) is 13.8. The fourth-order valence-corrected chi connectivity index (χ4v) is 3.70. The molecule has 0 aliphatic rings. The largest absolute Gasteiger partial charge is 0.322 e. The number of imidazole rings is 1. The van der Waals surface area contributed by atoms with Crippen LogP contribution in [-0.4, -0.2) is 30.0 Å². The Labute approximate surface area is 168 Å². The van der Waals surface area contributed by atoms with Gasteiger partial charge in [-0.2, -0.15) is 0 Å². The van der Waals surface area contributed by atoms with Crippen LogP contribution in [0.15, 0.2) is 78.0 Å². The molecule has 1 N–H and O–H groups in total. The second-order valence-electron chi connectivity index (χ2n) is 6.88. The first kappa shape index (κ1) is 18.9. The number of aromatic nitrogens is 2. The molecule has 2 heterocycles. The summed E-state index contributed by atoms with van der Waals surface area (Å²) in [5.74, 6) is -0.304. The molecule has 2 aromatic carbocycles. The van der Waals surface area contributed by atoms with Gasteiger partial charge in [0.25, 0.3) is 5.91 Å². The number of anilines is 1. The molecular formula is C22H19N3O3S. The highest BCUT2D eigenvalue weighted by molar-refractivity contribution is 7.90. The van der Waals surface area contributed by atoms with E-state index in [0.717, 1.165) is 28.7 Å². The lowest BCUT2D eigenvalue weighted by Gasteiger charge is -2.07. The highest BCUT2D eigenvalue weighted by Gasteiger charge is 2.11. The number of rotatable bonds is 4. The molecule has 0 atom stereocenters. The average Bonchev–Trinajstić information content (AvgIpc) is 3.14. The number of benzene rings is 2. The second-order valence-corrected chi connectivity index (χ2v) is 8.89. The fourth-order valence-electron chi connectivity index (χ4n) is 3.07. The van der Waals surface area contributed by atoms with E-state index < -0.39 is 9.84 Å². The Kier molecular flexibility index (Phi) is 4.68. The van der Waals surface area contributed by atoms with E-state index in [1.54, 1.807) is 0 Å². The summed E-state index contributed by atoms with van der Waals surface area (Å²) >= 11 is 0. The Morgan fingerprint density at radius 3 is 2.31 bits per heavy atom. The normalized spacial score (nSPS) is 11.5. The van der Waals surface area contributed by atoms with E-state index in [-0.39, 0.29) is 10.8 Å².